The number of imidazole rings is 1. The van der Waals surface area contributed by atoms with Crippen LogP contribution in [-0.2, 0) is 5.41 Å². The van der Waals surface area contributed by atoms with Crippen LogP contribution >= 0.6 is 0 Å². The summed E-state index contributed by atoms with van der Waals surface area (Å²) >= 11 is 0. The summed E-state index contributed by atoms with van der Waals surface area (Å²) in [5.74, 6) is 1.45. The molecule has 0 radical (unpaired) electrons. The Bertz CT molecular complexity index is 552. The lowest BCUT2D eigenvalue weighted by atomic mass is 9.97. The first kappa shape index (κ1) is 10.8. The van der Waals surface area contributed by atoms with E-state index in [2.05, 4.69) is 42.0 Å². The second kappa shape index (κ2) is 3.57. The van der Waals surface area contributed by atoms with E-state index in [-0.39, 0.29) is 12.0 Å². The van der Waals surface area contributed by atoms with E-state index in [0.717, 1.165) is 29.7 Å². The lowest BCUT2D eigenvalue weighted by molar-refractivity contribution is 0.255. The molecule has 17 heavy (non-hydrogen) atoms. The van der Waals surface area contributed by atoms with Gasteiger partial charge in [0, 0.05) is 11.3 Å². The third-order valence-corrected chi connectivity index (χ3v) is 3.82. The topological polar surface area (TPSA) is 48.9 Å². The van der Waals surface area contributed by atoms with Crippen LogP contribution < -0.4 is 0 Å². The third-order valence-electron chi connectivity index (χ3n) is 3.82. The molecule has 0 spiro atoms. The molecule has 1 fully saturated rings. The summed E-state index contributed by atoms with van der Waals surface area (Å²) in [6.07, 6.45) is 2.19. The average molecular weight is 230 g/mol. The Morgan fingerprint density at radius 3 is 2.76 bits per heavy atom. The molecule has 2 N–H and O–H groups in total. The number of fused-ring (bicyclic) bond motifs is 1. The van der Waals surface area contributed by atoms with Crippen molar-refractivity contribution in [2.75, 3.05) is 6.61 Å². The van der Waals surface area contributed by atoms with Crippen LogP contribution in [0, 0.1) is 0 Å². The van der Waals surface area contributed by atoms with Gasteiger partial charge in [-0.1, -0.05) is 19.9 Å². The maximum atomic E-state index is 9.45. The molecule has 3 nitrogen and oxygen atoms in total. The molecule has 2 aromatic rings. The highest BCUT2D eigenvalue weighted by atomic mass is 16.3. The number of nitrogens with one attached hydrogen (secondary N) is 1. The predicted octanol–water partition coefficient (Wildman–Crippen LogP) is 2.71. The molecule has 0 unspecified atom stereocenters. The van der Waals surface area contributed by atoms with Gasteiger partial charge in [-0.05, 0) is 30.5 Å². The number of aliphatic hydroxyl groups is 1. The van der Waals surface area contributed by atoms with E-state index >= 15 is 0 Å². The van der Waals surface area contributed by atoms with Crippen LogP contribution in [0.25, 0.3) is 11.0 Å². The van der Waals surface area contributed by atoms with Crippen molar-refractivity contribution in [3.05, 3.63) is 29.6 Å². The van der Waals surface area contributed by atoms with Gasteiger partial charge in [-0.15, -0.1) is 0 Å². The monoisotopic (exact) mass is 230 g/mol. The van der Waals surface area contributed by atoms with Crippen molar-refractivity contribution in [1.29, 1.82) is 0 Å². The highest BCUT2D eigenvalue weighted by Gasteiger charge is 2.43. The molecule has 1 aromatic heterocycles. The molecule has 0 saturated heterocycles. The molecule has 3 rings (SSSR count). The second-order valence-electron chi connectivity index (χ2n) is 5.45. The van der Waals surface area contributed by atoms with E-state index < -0.39 is 0 Å². The fourth-order valence-electron chi connectivity index (χ4n) is 2.32. The standard InChI is InChI=1S/C14H18N2O/c1-9(2)13-15-11-4-3-10(7-12(11)16-13)14(8-17)5-6-14/h3-4,7,9,17H,5-6,8H2,1-2H3,(H,15,16). The summed E-state index contributed by atoms with van der Waals surface area (Å²) in [4.78, 5) is 7.93. The fourth-order valence-corrected chi connectivity index (χ4v) is 2.32. The predicted molar refractivity (Wildman–Crippen MR) is 68.2 cm³/mol. The number of hydrogen-bond donors (Lipinski definition) is 2. The van der Waals surface area contributed by atoms with Crippen molar-refractivity contribution in [3.8, 4) is 0 Å². The first-order valence-electron chi connectivity index (χ1n) is 6.26. The maximum absolute atomic E-state index is 9.45. The van der Waals surface area contributed by atoms with Crippen LogP contribution in [0.4, 0.5) is 0 Å². The summed E-state index contributed by atoms with van der Waals surface area (Å²) < 4.78 is 0. The van der Waals surface area contributed by atoms with Gasteiger partial charge in [0.15, 0.2) is 0 Å². The zero-order valence-corrected chi connectivity index (χ0v) is 10.3. The first-order chi connectivity index (χ1) is 8.14. The number of benzene rings is 1. The van der Waals surface area contributed by atoms with Crippen LogP contribution in [0.15, 0.2) is 18.2 Å². The highest BCUT2D eigenvalue weighted by Crippen LogP contribution is 2.48. The molecule has 1 aliphatic carbocycles. The van der Waals surface area contributed by atoms with Crippen molar-refractivity contribution in [2.24, 2.45) is 0 Å². The Morgan fingerprint density at radius 1 is 1.41 bits per heavy atom. The van der Waals surface area contributed by atoms with Gasteiger partial charge < -0.3 is 10.1 Å². The molecule has 1 aromatic carbocycles. The van der Waals surface area contributed by atoms with E-state index in [1.54, 1.807) is 0 Å². The number of hydrogen-bond acceptors (Lipinski definition) is 2. The number of rotatable bonds is 3. The van der Waals surface area contributed by atoms with E-state index in [0.29, 0.717) is 5.92 Å². The lowest BCUT2D eigenvalue weighted by Crippen LogP contribution is -2.11. The molecule has 1 heterocycles. The van der Waals surface area contributed by atoms with Crippen LogP contribution in [0.2, 0.25) is 0 Å². The number of aromatic amines is 1. The number of nitrogens with zero attached hydrogens (tertiary/aromatic N) is 1. The van der Waals surface area contributed by atoms with E-state index in [9.17, 15) is 5.11 Å². The minimum absolute atomic E-state index is 0.0390. The van der Waals surface area contributed by atoms with Gasteiger partial charge in [0.25, 0.3) is 0 Å². The minimum Gasteiger partial charge on any atom is -0.395 e. The van der Waals surface area contributed by atoms with Gasteiger partial charge >= 0.3 is 0 Å². The summed E-state index contributed by atoms with van der Waals surface area (Å²) in [6.45, 7) is 4.52. The number of aromatic nitrogens is 2. The first-order valence-corrected chi connectivity index (χ1v) is 6.26. The van der Waals surface area contributed by atoms with Gasteiger partial charge in [-0.3, -0.25) is 0 Å². The summed E-state index contributed by atoms with van der Waals surface area (Å²) in [5.41, 5.74) is 3.39. The van der Waals surface area contributed by atoms with Crippen LogP contribution in [0.5, 0.6) is 0 Å². The van der Waals surface area contributed by atoms with Crippen LogP contribution in [0.3, 0.4) is 0 Å². The Labute approximate surface area is 101 Å². The van der Waals surface area contributed by atoms with Crippen LogP contribution in [-0.4, -0.2) is 21.7 Å². The average Bonchev–Trinajstić information content (AvgIpc) is 3.00. The van der Waals surface area contributed by atoms with Crippen molar-refractivity contribution >= 4 is 11.0 Å². The summed E-state index contributed by atoms with van der Waals surface area (Å²) in [6, 6.07) is 6.32. The number of aliphatic hydroxyl groups excluding tert-OH is 1. The quantitative estimate of drug-likeness (QED) is 0.851. The molecule has 0 atom stereocenters. The van der Waals surface area contributed by atoms with Crippen molar-refractivity contribution in [1.82, 2.24) is 9.97 Å². The van der Waals surface area contributed by atoms with Gasteiger partial charge in [-0.2, -0.15) is 0 Å². The maximum Gasteiger partial charge on any atom is 0.109 e. The largest absolute Gasteiger partial charge is 0.395 e. The number of H-pyrrole nitrogens is 1. The zero-order chi connectivity index (χ0) is 12.0. The SMILES string of the molecule is CC(C)c1nc2ccc(C3(CO)CC3)cc2[nH]1. The molecule has 90 valence electrons. The molecular formula is C14H18N2O. The van der Waals surface area contributed by atoms with Gasteiger partial charge in [0.1, 0.15) is 5.82 Å². The van der Waals surface area contributed by atoms with Crippen molar-refractivity contribution in [3.63, 3.8) is 0 Å². The lowest BCUT2D eigenvalue weighted by Gasteiger charge is -2.11. The smallest absolute Gasteiger partial charge is 0.109 e. The van der Waals surface area contributed by atoms with Crippen LogP contribution in [0.1, 0.15) is 44.0 Å². The second-order valence-corrected chi connectivity index (χ2v) is 5.45. The minimum atomic E-state index is 0.0390. The van der Waals surface area contributed by atoms with Crippen molar-refractivity contribution < 1.29 is 5.11 Å². The van der Waals surface area contributed by atoms with Gasteiger partial charge in [0.05, 0.1) is 17.6 Å². The highest BCUT2D eigenvalue weighted by molar-refractivity contribution is 5.76. The fraction of sp³-hybridized carbons (Fsp3) is 0.500. The molecule has 0 amide bonds. The molecule has 1 aliphatic rings. The molecule has 0 bridgehead atoms. The summed E-state index contributed by atoms with van der Waals surface area (Å²) in [7, 11) is 0. The normalized spacial score (nSPS) is 17.9. The van der Waals surface area contributed by atoms with E-state index in [4.69, 9.17) is 0 Å². The van der Waals surface area contributed by atoms with E-state index in [1.807, 2.05) is 0 Å². The molecule has 3 heteroatoms. The van der Waals surface area contributed by atoms with E-state index in [1.165, 1.54) is 5.56 Å². The summed E-state index contributed by atoms with van der Waals surface area (Å²) in [5, 5.41) is 9.45. The van der Waals surface area contributed by atoms with Gasteiger partial charge in [-0.25, -0.2) is 4.98 Å². The Balaban J connectivity index is 2.07. The Kier molecular flexibility index (Phi) is 2.26. The van der Waals surface area contributed by atoms with Crippen molar-refractivity contribution in [2.45, 2.75) is 38.0 Å². The molecule has 1 saturated carbocycles. The van der Waals surface area contributed by atoms with Gasteiger partial charge in [0.2, 0.25) is 0 Å². The molecular weight excluding hydrogens is 212 g/mol. The third kappa shape index (κ3) is 1.65. The molecule has 0 aliphatic heterocycles. The zero-order valence-electron chi connectivity index (χ0n) is 10.3. The Morgan fingerprint density at radius 2 is 2.18 bits per heavy atom. The Hall–Kier alpha value is -1.35.